The van der Waals surface area contributed by atoms with E-state index >= 15 is 0 Å². The van der Waals surface area contributed by atoms with Crippen molar-refractivity contribution in [3.63, 3.8) is 0 Å². The smallest absolute Gasteiger partial charge is 0.197 e. The van der Waals surface area contributed by atoms with E-state index in [-0.39, 0.29) is 22.6 Å². The number of thioether (sulfide) groups is 1. The van der Waals surface area contributed by atoms with E-state index in [1.807, 2.05) is 6.92 Å². The van der Waals surface area contributed by atoms with Gasteiger partial charge in [0.05, 0.1) is 0 Å². The Hall–Kier alpha value is -1.46. The number of rotatable bonds is 4. The standard InChI is InChI=1S/C19H20FNO2S/c1-19(18(23)12-6-7-12,14-4-2-3-5-15(14)20)21-9-8-16-13(11-21)10-17(22)24-16/h2-5,12H,6-11H2,1H3. The Morgan fingerprint density at radius 1 is 1.33 bits per heavy atom. The van der Waals surface area contributed by atoms with Crippen molar-refractivity contribution >= 4 is 22.7 Å². The van der Waals surface area contributed by atoms with Crippen molar-refractivity contribution in [3.05, 3.63) is 46.1 Å². The molecule has 1 atom stereocenters. The number of nitrogens with zero attached hydrogens (tertiary/aromatic N) is 1. The average molecular weight is 345 g/mol. The summed E-state index contributed by atoms with van der Waals surface area (Å²) in [6.45, 7) is 3.13. The topological polar surface area (TPSA) is 37.4 Å². The summed E-state index contributed by atoms with van der Waals surface area (Å²) in [6, 6.07) is 6.61. The fraction of sp³-hybridized carbons (Fsp3) is 0.474. The van der Waals surface area contributed by atoms with Crippen LogP contribution in [0.3, 0.4) is 0 Å². The number of benzene rings is 1. The van der Waals surface area contributed by atoms with Gasteiger partial charge in [0.15, 0.2) is 10.9 Å². The Bertz CT molecular complexity index is 755. The molecule has 2 aliphatic heterocycles. The van der Waals surface area contributed by atoms with Gasteiger partial charge < -0.3 is 0 Å². The van der Waals surface area contributed by atoms with Crippen molar-refractivity contribution in [1.29, 1.82) is 0 Å². The first-order valence-electron chi connectivity index (χ1n) is 8.46. The maximum Gasteiger partial charge on any atom is 0.197 e. The maximum atomic E-state index is 14.6. The number of halogens is 1. The molecule has 0 amide bonds. The minimum absolute atomic E-state index is 0.0459. The molecule has 1 unspecified atom stereocenters. The van der Waals surface area contributed by atoms with E-state index in [0.29, 0.717) is 25.1 Å². The van der Waals surface area contributed by atoms with E-state index in [9.17, 15) is 14.0 Å². The molecule has 0 aromatic heterocycles. The summed E-state index contributed by atoms with van der Waals surface area (Å²) in [6.07, 6.45) is 3.03. The van der Waals surface area contributed by atoms with Gasteiger partial charge in [-0.05, 0) is 42.7 Å². The minimum atomic E-state index is -0.957. The lowest BCUT2D eigenvalue weighted by molar-refractivity contribution is -0.132. The second kappa shape index (κ2) is 5.81. The Balaban J connectivity index is 1.73. The lowest BCUT2D eigenvalue weighted by Crippen LogP contribution is -2.53. The van der Waals surface area contributed by atoms with E-state index < -0.39 is 5.54 Å². The van der Waals surface area contributed by atoms with Crippen LogP contribution in [0.15, 0.2) is 34.7 Å². The number of Topliss-reactive ketones (excluding diaryl/α,β-unsaturated/α-hetero) is 1. The quantitative estimate of drug-likeness (QED) is 0.835. The zero-order valence-corrected chi connectivity index (χ0v) is 14.5. The third-order valence-electron chi connectivity index (χ3n) is 5.44. The summed E-state index contributed by atoms with van der Waals surface area (Å²) in [7, 11) is 0. The zero-order valence-electron chi connectivity index (χ0n) is 13.7. The van der Waals surface area contributed by atoms with Gasteiger partial charge in [0, 0.05) is 31.0 Å². The molecule has 0 radical (unpaired) electrons. The number of carbonyl (C=O) groups is 2. The van der Waals surface area contributed by atoms with Gasteiger partial charge in [0.2, 0.25) is 0 Å². The van der Waals surface area contributed by atoms with E-state index in [0.717, 1.165) is 29.7 Å². The van der Waals surface area contributed by atoms with Crippen molar-refractivity contribution in [3.8, 4) is 0 Å². The molecular weight excluding hydrogens is 325 g/mol. The molecule has 0 N–H and O–H groups in total. The minimum Gasteiger partial charge on any atom is -0.297 e. The van der Waals surface area contributed by atoms with Crippen molar-refractivity contribution in [2.45, 2.75) is 38.1 Å². The second-order valence-corrected chi connectivity index (χ2v) is 8.19. The summed E-state index contributed by atoms with van der Waals surface area (Å²) in [4.78, 5) is 28.1. The predicted molar refractivity (Wildman–Crippen MR) is 91.9 cm³/mol. The lowest BCUT2D eigenvalue weighted by atomic mass is 9.81. The van der Waals surface area contributed by atoms with Gasteiger partial charge in [-0.2, -0.15) is 0 Å². The van der Waals surface area contributed by atoms with E-state index in [1.54, 1.807) is 18.2 Å². The van der Waals surface area contributed by atoms with Crippen LogP contribution in [0.5, 0.6) is 0 Å². The predicted octanol–water partition coefficient (Wildman–Crippen LogP) is 3.64. The first-order chi connectivity index (χ1) is 11.5. The van der Waals surface area contributed by atoms with Crippen molar-refractivity contribution in [2.24, 2.45) is 5.92 Å². The van der Waals surface area contributed by atoms with Crippen molar-refractivity contribution < 1.29 is 14.0 Å². The Morgan fingerprint density at radius 3 is 2.79 bits per heavy atom. The molecule has 1 aromatic carbocycles. The van der Waals surface area contributed by atoms with Crippen molar-refractivity contribution in [2.75, 3.05) is 13.1 Å². The number of ketones is 1. The molecule has 1 saturated carbocycles. The molecule has 3 aliphatic rings. The van der Waals surface area contributed by atoms with Crippen LogP contribution in [0.25, 0.3) is 0 Å². The Labute approximate surface area is 145 Å². The normalized spacial score (nSPS) is 24.0. The molecule has 1 aromatic rings. The summed E-state index contributed by atoms with van der Waals surface area (Å²) in [5.41, 5.74) is 0.617. The van der Waals surface area contributed by atoms with Crippen LogP contribution >= 0.6 is 11.8 Å². The van der Waals surface area contributed by atoms with Gasteiger partial charge in [-0.15, -0.1) is 0 Å². The van der Waals surface area contributed by atoms with Crippen LogP contribution < -0.4 is 0 Å². The Morgan fingerprint density at radius 2 is 2.08 bits per heavy atom. The molecule has 1 fully saturated rings. The maximum absolute atomic E-state index is 14.6. The van der Waals surface area contributed by atoms with E-state index in [1.165, 1.54) is 17.8 Å². The van der Waals surface area contributed by atoms with Gasteiger partial charge in [-0.3, -0.25) is 14.5 Å². The Kier molecular flexibility index (Phi) is 3.88. The molecule has 1 aliphatic carbocycles. The molecule has 24 heavy (non-hydrogen) atoms. The van der Waals surface area contributed by atoms with Crippen LogP contribution in [-0.4, -0.2) is 28.9 Å². The molecular formula is C19H20FNO2S. The van der Waals surface area contributed by atoms with Crippen LogP contribution in [0.2, 0.25) is 0 Å². The van der Waals surface area contributed by atoms with Crippen LogP contribution in [0.1, 0.15) is 38.2 Å². The first-order valence-corrected chi connectivity index (χ1v) is 9.27. The zero-order chi connectivity index (χ0) is 16.9. The van der Waals surface area contributed by atoms with Gasteiger partial charge in [-0.1, -0.05) is 30.0 Å². The van der Waals surface area contributed by atoms with Gasteiger partial charge in [-0.25, -0.2) is 4.39 Å². The van der Waals surface area contributed by atoms with Crippen LogP contribution in [-0.2, 0) is 15.1 Å². The lowest BCUT2D eigenvalue weighted by Gasteiger charge is -2.43. The van der Waals surface area contributed by atoms with E-state index in [2.05, 4.69) is 4.90 Å². The molecule has 0 bridgehead atoms. The largest absolute Gasteiger partial charge is 0.297 e. The molecule has 126 valence electrons. The molecule has 0 saturated heterocycles. The molecule has 3 nitrogen and oxygen atoms in total. The number of hydrogen-bond donors (Lipinski definition) is 0. The highest BCUT2D eigenvalue weighted by molar-refractivity contribution is 8.17. The highest BCUT2D eigenvalue weighted by Gasteiger charge is 2.49. The fourth-order valence-electron chi connectivity index (χ4n) is 3.88. The number of hydrogen-bond acceptors (Lipinski definition) is 4. The number of carbonyl (C=O) groups excluding carboxylic acids is 2. The third-order valence-corrected chi connectivity index (χ3v) is 6.55. The van der Waals surface area contributed by atoms with Crippen LogP contribution in [0, 0.1) is 11.7 Å². The van der Waals surface area contributed by atoms with Gasteiger partial charge in [0.25, 0.3) is 0 Å². The summed E-state index contributed by atoms with van der Waals surface area (Å²) >= 11 is 1.34. The average Bonchev–Trinajstić information content (AvgIpc) is 3.34. The fourth-order valence-corrected chi connectivity index (χ4v) is 4.87. The van der Waals surface area contributed by atoms with Gasteiger partial charge in [0.1, 0.15) is 11.4 Å². The molecule has 2 heterocycles. The SMILES string of the molecule is CC(C(=O)C1CC1)(c1ccccc1F)N1CCC2=C(CC(=O)S2)C1. The molecule has 0 spiro atoms. The molecule has 4 rings (SSSR count). The summed E-state index contributed by atoms with van der Waals surface area (Å²) in [5.74, 6) is -0.163. The monoisotopic (exact) mass is 345 g/mol. The summed E-state index contributed by atoms with van der Waals surface area (Å²) < 4.78 is 14.6. The molecule has 5 heteroatoms. The van der Waals surface area contributed by atoms with E-state index in [4.69, 9.17) is 0 Å². The highest BCUT2D eigenvalue weighted by atomic mass is 32.2. The second-order valence-electron chi connectivity index (χ2n) is 7.04. The summed E-state index contributed by atoms with van der Waals surface area (Å²) in [5, 5.41) is 0.183. The van der Waals surface area contributed by atoms with Gasteiger partial charge >= 0.3 is 0 Å². The highest BCUT2D eigenvalue weighted by Crippen LogP contribution is 2.45. The first kappa shape index (κ1) is 16.0. The van der Waals surface area contributed by atoms with Crippen molar-refractivity contribution in [1.82, 2.24) is 4.90 Å². The third kappa shape index (κ3) is 2.54. The van der Waals surface area contributed by atoms with Crippen LogP contribution in [0.4, 0.5) is 4.39 Å².